The number of ether oxygens (including phenoxy) is 1. The first kappa shape index (κ1) is 10.5. The molecule has 1 rings (SSSR count). The smallest absolute Gasteiger partial charge is 0.107 e. The summed E-state index contributed by atoms with van der Waals surface area (Å²) >= 11 is 0. The summed E-state index contributed by atoms with van der Waals surface area (Å²) in [6.07, 6.45) is 6.72. The lowest BCUT2D eigenvalue weighted by Gasteiger charge is -2.29. The largest absolute Gasteiger partial charge is 0.393 e. The highest BCUT2D eigenvalue weighted by Gasteiger charge is 2.15. The topological polar surface area (TPSA) is 32.7 Å². The lowest BCUT2D eigenvalue weighted by atomic mass is 10.1. The highest BCUT2D eigenvalue weighted by Crippen LogP contribution is 2.08. The first-order valence-corrected chi connectivity index (χ1v) is 4.74. The van der Waals surface area contributed by atoms with Gasteiger partial charge in [-0.1, -0.05) is 5.92 Å². The summed E-state index contributed by atoms with van der Waals surface area (Å²) in [5.74, 6) is 2.43. The van der Waals surface area contributed by atoms with E-state index in [1.54, 1.807) is 0 Å². The van der Waals surface area contributed by atoms with E-state index < -0.39 is 0 Å². The maximum absolute atomic E-state index is 9.25. The molecular formula is C10H17NO2. The third kappa shape index (κ3) is 4.28. The summed E-state index contributed by atoms with van der Waals surface area (Å²) in [5.41, 5.74) is 0. The Kier molecular flexibility index (Phi) is 4.84. The van der Waals surface area contributed by atoms with Gasteiger partial charge in [-0.15, -0.1) is 6.42 Å². The minimum absolute atomic E-state index is 0.0946. The Morgan fingerprint density at radius 3 is 2.77 bits per heavy atom. The minimum Gasteiger partial charge on any atom is -0.393 e. The van der Waals surface area contributed by atoms with Crippen LogP contribution < -0.4 is 0 Å². The van der Waals surface area contributed by atoms with Gasteiger partial charge in [0, 0.05) is 19.6 Å². The predicted octanol–water partition coefficient (Wildman–Crippen LogP) is 0.0929. The van der Waals surface area contributed by atoms with E-state index in [1.165, 1.54) is 0 Å². The maximum Gasteiger partial charge on any atom is 0.107 e. The summed E-state index contributed by atoms with van der Waals surface area (Å²) in [4.78, 5) is 2.29. The molecule has 0 aromatic heterocycles. The Bertz CT molecular complexity index is 168. The van der Waals surface area contributed by atoms with Crippen molar-refractivity contribution in [1.29, 1.82) is 0 Å². The molecular weight excluding hydrogens is 166 g/mol. The number of rotatable bonds is 4. The third-order valence-corrected chi connectivity index (χ3v) is 2.29. The molecule has 0 atom stereocenters. The second-order valence-electron chi connectivity index (χ2n) is 3.33. The second kappa shape index (κ2) is 5.98. The number of aliphatic hydroxyl groups excluding tert-OH is 1. The maximum atomic E-state index is 9.25. The van der Waals surface area contributed by atoms with Crippen LogP contribution in [0.25, 0.3) is 0 Å². The molecule has 1 aliphatic heterocycles. The molecule has 0 spiro atoms. The first-order chi connectivity index (χ1) is 6.33. The highest BCUT2D eigenvalue weighted by atomic mass is 16.5. The molecule has 1 saturated heterocycles. The van der Waals surface area contributed by atoms with Gasteiger partial charge in [0.2, 0.25) is 0 Å². The molecule has 0 radical (unpaired) electrons. The van der Waals surface area contributed by atoms with Crippen LogP contribution in [-0.2, 0) is 4.74 Å². The average Bonchev–Trinajstić information content (AvgIpc) is 2.15. The molecule has 0 aromatic carbocycles. The van der Waals surface area contributed by atoms with Gasteiger partial charge in [-0.2, -0.15) is 0 Å². The van der Waals surface area contributed by atoms with Gasteiger partial charge in [0.1, 0.15) is 6.61 Å². The van der Waals surface area contributed by atoms with Gasteiger partial charge >= 0.3 is 0 Å². The van der Waals surface area contributed by atoms with Crippen LogP contribution in [0.3, 0.4) is 0 Å². The first-order valence-electron chi connectivity index (χ1n) is 4.74. The van der Waals surface area contributed by atoms with Crippen molar-refractivity contribution in [3.8, 4) is 12.3 Å². The van der Waals surface area contributed by atoms with E-state index in [9.17, 15) is 5.11 Å². The predicted molar refractivity (Wildman–Crippen MR) is 51.3 cm³/mol. The Hall–Kier alpha value is -0.560. The lowest BCUT2D eigenvalue weighted by Crippen LogP contribution is -2.37. The fourth-order valence-electron chi connectivity index (χ4n) is 1.47. The Balaban J connectivity index is 2.00. The van der Waals surface area contributed by atoms with Crippen LogP contribution in [0, 0.1) is 12.3 Å². The molecule has 1 fully saturated rings. The fourth-order valence-corrected chi connectivity index (χ4v) is 1.47. The quantitative estimate of drug-likeness (QED) is 0.495. The molecule has 0 amide bonds. The van der Waals surface area contributed by atoms with Crippen molar-refractivity contribution in [2.45, 2.75) is 18.9 Å². The van der Waals surface area contributed by atoms with Crippen LogP contribution in [0.15, 0.2) is 0 Å². The van der Waals surface area contributed by atoms with Crippen molar-refractivity contribution in [2.24, 2.45) is 0 Å². The molecule has 3 nitrogen and oxygen atoms in total. The number of piperidine rings is 1. The molecule has 0 saturated carbocycles. The molecule has 0 unspecified atom stereocenters. The van der Waals surface area contributed by atoms with Gasteiger partial charge in [0.05, 0.1) is 12.7 Å². The van der Waals surface area contributed by atoms with Crippen LogP contribution in [0.1, 0.15) is 12.8 Å². The number of likely N-dealkylation sites (tertiary alicyclic amines) is 1. The van der Waals surface area contributed by atoms with Crippen LogP contribution in [0.5, 0.6) is 0 Å². The van der Waals surface area contributed by atoms with Gasteiger partial charge in [0.15, 0.2) is 0 Å². The summed E-state index contributed by atoms with van der Waals surface area (Å²) < 4.78 is 5.17. The summed E-state index contributed by atoms with van der Waals surface area (Å²) in [5, 5.41) is 9.25. The third-order valence-electron chi connectivity index (χ3n) is 2.29. The molecule has 0 aromatic rings. The average molecular weight is 183 g/mol. The van der Waals surface area contributed by atoms with Crippen LogP contribution >= 0.6 is 0 Å². The normalized spacial score (nSPS) is 20.0. The zero-order chi connectivity index (χ0) is 9.52. The molecule has 74 valence electrons. The number of hydrogen-bond acceptors (Lipinski definition) is 3. The van der Waals surface area contributed by atoms with E-state index in [-0.39, 0.29) is 6.10 Å². The summed E-state index contributed by atoms with van der Waals surface area (Å²) in [7, 11) is 0. The standard InChI is InChI=1S/C10H17NO2/c1-2-8-13-9-7-11-5-3-10(12)4-6-11/h1,10,12H,3-9H2. The van der Waals surface area contributed by atoms with E-state index in [4.69, 9.17) is 11.2 Å². The minimum atomic E-state index is -0.0946. The van der Waals surface area contributed by atoms with E-state index in [0.717, 1.165) is 32.5 Å². The molecule has 1 heterocycles. The number of terminal acetylenes is 1. The van der Waals surface area contributed by atoms with Crippen molar-refractivity contribution in [2.75, 3.05) is 32.8 Å². The van der Waals surface area contributed by atoms with Gasteiger partial charge in [0.25, 0.3) is 0 Å². The second-order valence-corrected chi connectivity index (χ2v) is 3.33. The molecule has 0 bridgehead atoms. The van der Waals surface area contributed by atoms with Crippen molar-refractivity contribution < 1.29 is 9.84 Å². The Morgan fingerprint density at radius 2 is 2.15 bits per heavy atom. The Labute approximate surface area is 79.7 Å². The Morgan fingerprint density at radius 1 is 1.46 bits per heavy atom. The van der Waals surface area contributed by atoms with Gasteiger partial charge in [-0.25, -0.2) is 0 Å². The molecule has 0 aliphatic carbocycles. The lowest BCUT2D eigenvalue weighted by molar-refractivity contribution is 0.0622. The summed E-state index contributed by atoms with van der Waals surface area (Å²) in [6.45, 7) is 3.96. The fraction of sp³-hybridized carbons (Fsp3) is 0.800. The van der Waals surface area contributed by atoms with E-state index in [0.29, 0.717) is 13.2 Å². The van der Waals surface area contributed by atoms with Gasteiger partial charge < -0.3 is 14.7 Å². The molecule has 1 N–H and O–H groups in total. The van der Waals surface area contributed by atoms with E-state index in [1.807, 2.05) is 0 Å². The molecule has 1 aliphatic rings. The molecule has 3 heteroatoms. The van der Waals surface area contributed by atoms with Crippen molar-refractivity contribution >= 4 is 0 Å². The van der Waals surface area contributed by atoms with E-state index in [2.05, 4.69) is 10.8 Å². The zero-order valence-corrected chi connectivity index (χ0v) is 7.91. The highest BCUT2D eigenvalue weighted by molar-refractivity contribution is 4.82. The van der Waals surface area contributed by atoms with Gasteiger partial charge in [-0.05, 0) is 12.8 Å². The van der Waals surface area contributed by atoms with Crippen molar-refractivity contribution in [1.82, 2.24) is 4.90 Å². The van der Waals surface area contributed by atoms with Gasteiger partial charge in [-0.3, -0.25) is 0 Å². The van der Waals surface area contributed by atoms with Crippen molar-refractivity contribution in [3.63, 3.8) is 0 Å². The number of aliphatic hydroxyl groups is 1. The van der Waals surface area contributed by atoms with Crippen LogP contribution in [0.4, 0.5) is 0 Å². The SMILES string of the molecule is C#CCOCCN1CCC(O)CC1. The number of nitrogens with zero attached hydrogens (tertiary/aromatic N) is 1. The molecule has 13 heavy (non-hydrogen) atoms. The monoisotopic (exact) mass is 183 g/mol. The van der Waals surface area contributed by atoms with E-state index >= 15 is 0 Å². The van der Waals surface area contributed by atoms with Crippen LogP contribution in [0.2, 0.25) is 0 Å². The van der Waals surface area contributed by atoms with Crippen LogP contribution in [-0.4, -0.2) is 49.0 Å². The number of hydrogen-bond donors (Lipinski definition) is 1. The summed E-state index contributed by atoms with van der Waals surface area (Å²) in [6, 6.07) is 0. The zero-order valence-electron chi connectivity index (χ0n) is 7.91. The van der Waals surface area contributed by atoms with Crippen molar-refractivity contribution in [3.05, 3.63) is 0 Å².